The maximum Gasteiger partial charge on any atom is 0.217 e. The zero-order valence-electron chi connectivity index (χ0n) is 13.6. The molecule has 3 rings (SSSR count). The molecule has 0 aromatic heterocycles. The zero-order valence-corrected chi connectivity index (χ0v) is 16.6. The Balaban J connectivity index is 2.11. The van der Waals surface area contributed by atoms with Crippen molar-refractivity contribution in [3.05, 3.63) is 26.6 Å². The molecule has 1 N–H and O–H groups in total. The predicted octanol–water partition coefficient (Wildman–Crippen LogP) is 3.38. The first kappa shape index (κ1) is 17.9. The lowest BCUT2D eigenvalue weighted by atomic mass is 9.94. The van der Waals surface area contributed by atoms with Crippen molar-refractivity contribution in [2.45, 2.75) is 56.4 Å². The van der Waals surface area contributed by atoms with Gasteiger partial charge in [-0.2, -0.15) is 5.26 Å². The van der Waals surface area contributed by atoms with Crippen molar-refractivity contribution in [3.63, 3.8) is 0 Å². The molecule has 1 aromatic rings. The van der Waals surface area contributed by atoms with Crippen LogP contribution in [-0.4, -0.2) is 18.8 Å². The molecule has 1 fully saturated rings. The van der Waals surface area contributed by atoms with Gasteiger partial charge in [-0.15, -0.1) is 0 Å². The Kier molecular flexibility index (Phi) is 4.13. The summed E-state index contributed by atoms with van der Waals surface area (Å²) in [6.07, 6.45) is 2.05. The third-order valence-corrected chi connectivity index (χ3v) is 7.76. The molecule has 1 atom stereocenters. The minimum Gasteiger partial charge on any atom is -0.485 e. The number of nitrogens with one attached hydrogen (secondary N) is 1. The number of ether oxygens (including phenoxy) is 1. The second-order valence-electron chi connectivity index (χ2n) is 7.35. The Morgan fingerprint density at radius 1 is 1.46 bits per heavy atom. The Bertz CT molecular complexity index is 852. The van der Waals surface area contributed by atoms with E-state index in [1.165, 1.54) is 6.07 Å². The standard InChI is InChI=1S/C16H18FIN2O3S/c1-15(2,3)24(21,22)20-12-7-16(4-5-16)23-14-9(12)6-11(17)13(18)10(14)8-19/h6,12,20H,4-5,7H2,1-3H3. The SMILES string of the molecule is CC(C)(C)S(=O)(=O)NC1CC2(CC2)Oc2c1cc(F)c(I)c2C#N. The van der Waals surface area contributed by atoms with E-state index in [0.29, 0.717) is 17.7 Å². The van der Waals surface area contributed by atoms with Crippen LogP contribution in [0.15, 0.2) is 6.07 Å². The number of hydrogen-bond acceptors (Lipinski definition) is 4. The summed E-state index contributed by atoms with van der Waals surface area (Å²) in [6.45, 7) is 4.83. The molecular weight excluding hydrogens is 446 g/mol. The summed E-state index contributed by atoms with van der Waals surface area (Å²) in [5.41, 5.74) is 0.0938. The second-order valence-corrected chi connectivity index (χ2v) is 10.9. The van der Waals surface area contributed by atoms with E-state index in [9.17, 15) is 18.1 Å². The number of sulfonamides is 1. The van der Waals surface area contributed by atoms with Crippen molar-refractivity contribution >= 4 is 32.6 Å². The van der Waals surface area contributed by atoms with Crippen molar-refractivity contribution in [2.75, 3.05) is 0 Å². The van der Waals surface area contributed by atoms with Gasteiger partial charge in [0.1, 0.15) is 28.8 Å². The molecule has 8 heteroatoms. The molecule has 1 aliphatic heterocycles. The number of fused-ring (bicyclic) bond motifs is 1. The molecule has 2 aliphatic rings. The first-order valence-corrected chi connectivity index (χ1v) is 10.2. The minimum absolute atomic E-state index is 0.136. The van der Waals surface area contributed by atoms with E-state index >= 15 is 0 Å². The normalized spacial score (nSPS) is 21.8. The van der Waals surface area contributed by atoms with E-state index in [4.69, 9.17) is 4.74 Å². The van der Waals surface area contributed by atoms with Crippen molar-refractivity contribution in [3.8, 4) is 11.8 Å². The summed E-state index contributed by atoms with van der Waals surface area (Å²) < 4.78 is 47.2. The molecule has 24 heavy (non-hydrogen) atoms. The molecule has 1 aliphatic carbocycles. The molecule has 0 bridgehead atoms. The number of nitrogens with zero attached hydrogens (tertiary/aromatic N) is 1. The molecule has 1 unspecified atom stereocenters. The van der Waals surface area contributed by atoms with E-state index in [1.54, 1.807) is 43.4 Å². The molecule has 1 spiro atoms. The molecule has 1 aromatic carbocycles. The number of halogens is 2. The monoisotopic (exact) mass is 464 g/mol. The summed E-state index contributed by atoms with van der Waals surface area (Å²) in [6, 6.07) is 2.68. The minimum atomic E-state index is -3.62. The third kappa shape index (κ3) is 2.91. The molecule has 1 saturated carbocycles. The summed E-state index contributed by atoms with van der Waals surface area (Å²) in [5, 5.41) is 9.40. The largest absolute Gasteiger partial charge is 0.485 e. The topological polar surface area (TPSA) is 79.2 Å². The van der Waals surface area contributed by atoms with Crippen molar-refractivity contribution in [1.29, 1.82) is 5.26 Å². The number of hydrogen-bond donors (Lipinski definition) is 1. The van der Waals surface area contributed by atoms with Gasteiger partial charge in [0, 0.05) is 12.0 Å². The first-order chi connectivity index (χ1) is 11.0. The van der Waals surface area contributed by atoms with Crippen LogP contribution >= 0.6 is 22.6 Å². The van der Waals surface area contributed by atoms with Crippen LogP contribution in [0.3, 0.4) is 0 Å². The highest BCUT2D eigenvalue weighted by molar-refractivity contribution is 14.1. The van der Waals surface area contributed by atoms with Gasteiger partial charge < -0.3 is 4.74 Å². The Hall–Kier alpha value is -0.920. The van der Waals surface area contributed by atoms with Crippen LogP contribution < -0.4 is 9.46 Å². The smallest absolute Gasteiger partial charge is 0.217 e. The van der Waals surface area contributed by atoms with Gasteiger partial charge in [-0.3, -0.25) is 0 Å². The average Bonchev–Trinajstić information content (AvgIpc) is 3.19. The van der Waals surface area contributed by atoms with Crippen LogP contribution in [0.4, 0.5) is 4.39 Å². The summed E-state index contributed by atoms with van der Waals surface area (Å²) in [5.74, 6) is -0.227. The van der Waals surface area contributed by atoms with Crippen LogP contribution in [0.2, 0.25) is 0 Å². The highest BCUT2D eigenvalue weighted by atomic mass is 127. The molecule has 130 valence electrons. The van der Waals surface area contributed by atoms with E-state index in [-0.39, 0.29) is 9.13 Å². The molecular formula is C16H18FIN2O3S. The van der Waals surface area contributed by atoms with Gasteiger partial charge in [0.05, 0.1) is 14.4 Å². The maximum atomic E-state index is 14.2. The van der Waals surface area contributed by atoms with Gasteiger partial charge in [-0.05, 0) is 62.3 Å². The summed E-state index contributed by atoms with van der Waals surface area (Å²) in [7, 11) is -3.62. The van der Waals surface area contributed by atoms with Crippen LogP contribution in [-0.2, 0) is 10.0 Å². The van der Waals surface area contributed by atoms with Crippen LogP contribution in [0.25, 0.3) is 0 Å². The summed E-state index contributed by atoms with van der Waals surface area (Å²) >= 11 is 1.78. The molecule has 0 amide bonds. The first-order valence-electron chi connectivity index (χ1n) is 7.63. The Morgan fingerprint density at radius 3 is 2.58 bits per heavy atom. The highest BCUT2D eigenvalue weighted by Crippen LogP contribution is 2.53. The highest BCUT2D eigenvalue weighted by Gasteiger charge is 2.52. The quantitative estimate of drug-likeness (QED) is 0.681. The van der Waals surface area contributed by atoms with Crippen LogP contribution in [0.5, 0.6) is 5.75 Å². The average molecular weight is 464 g/mol. The van der Waals surface area contributed by atoms with E-state index in [0.717, 1.165) is 12.8 Å². The number of nitriles is 1. The molecule has 0 radical (unpaired) electrons. The fraction of sp³-hybridized carbons (Fsp3) is 0.562. The lowest BCUT2D eigenvalue weighted by Crippen LogP contribution is -2.44. The maximum absolute atomic E-state index is 14.2. The number of benzene rings is 1. The fourth-order valence-electron chi connectivity index (χ4n) is 2.75. The van der Waals surface area contributed by atoms with E-state index < -0.39 is 32.2 Å². The number of rotatable bonds is 2. The van der Waals surface area contributed by atoms with Crippen molar-refractivity contribution < 1.29 is 17.5 Å². The lowest BCUT2D eigenvalue weighted by Gasteiger charge is -2.35. The van der Waals surface area contributed by atoms with Gasteiger partial charge in [-0.1, -0.05) is 0 Å². The van der Waals surface area contributed by atoms with E-state index in [1.807, 2.05) is 6.07 Å². The lowest BCUT2D eigenvalue weighted by molar-refractivity contribution is 0.132. The zero-order chi connectivity index (χ0) is 17.9. The van der Waals surface area contributed by atoms with Gasteiger partial charge in [0.2, 0.25) is 10.0 Å². The molecule has 0 saturated heterocycles. The second kappa shape index (κ2) is 5.54. The van der Waals surface area contributed by atoms with Crippen molar-refractivity contribution in [1.82, 2.24) is 4.72 Å². The van der Waals surface area contributed by atoms with Crippen LogP contribution in [0.1, 0.15) is 57.2 Å². The molecule has 1 heterocycles. The summed E-state index contributed by atoms with van der Waals surface area (Å²) in [4.78, 5) is 0. The van der Waals surface area contributed by atoms with Gasteiger partial charge in [0.15, 0.2) is 0 Å². The van der Waals surface area contributed by atoms with Crippen molar-refractivity contribution in [2.24, 2.45) is 0 Å². The van der Waals surface area contributed by atoms with Gasteiger partial charge >= 0.3 is 0 Å². The Morgan fingerprint density at radius 2 is 2.08 bits per heavy atom. The van der Waals surface area contributed by atoms with Gasteiger partial charge in [0.25, 0.3) is 0 Å². The predicted molar refractivity (Wildman–Crippen MR) is 95.6 cm³/mol. The Labute approximate surface area is 154 Å². The van der Waals surface area contributed by atoms with E-state index in [2.05, 4.69) is 4.72 Å². The van der Waals surface area contributed by atoms with Crippen LogP contribution in [0, 0.1) is 20.7 Å². The third-order valence-electron chi connectivity index (χ3n) is 4.49. The molecule has 5 nitrogen and oxygen atoms in total. The van der Waals surface area contributed by atoms with Gasteiger partial charge in [-0.25, -0.2) is 17.5 Å². The fourth-order valence-corrected chi connectivity index (χ4v) is 4.21.